The maximum atomic E-state index is 13.0. The van der Waals surface area contributed by atoms with Crippen molar-refractivity contribution in [3.63, 3.8) is 0 Å². The van der Waals surface area contributed by atoms with Gasteiger partial charge in [-0.05, 0) is 29.8 Å². The summed E-state index contributed by atoms with van der Waals surface area (Å²) in [7, 11) is 1.32. The third kappa shape index (κ3) is 3.45. The van der Waals surface area contributed by atoms with Crippen LogP contribution >= 0.6 is 11.6 Å². The molecule has 0 atom stereocenters. The van der Waals surface area contributed by atoms with E-state index in [1.165, 1.54) is 25.4 Å². The highest BCUT2D eigenvalue weighted by Crippen LogP contribution is 2.17. The summed E-state index contributed by atoms with van der Waals surface area (Å²) in [6.07, 6.45) is 1.51. The van der Waals surface area contributed by atoms with Gasteiger partial charge in [0.15, 0.2) is 0 Å². The van der Waals surface area contributed by atoms with Crippen molar-refractivity contribution in [2.45, 2.75) is 6.54 Å². The van der Waals surface area contributed by atoms with Gasteiger partial charge in [0.05, 0.1) is 17.7 Å². The third-order valence-electron chi connectivity index (χ3n) is 2.64. The number of pyridine rings is 1. The molecule has 0 saturated heterocycles. The number of esters is 1. The predicted molar refractivity (Wildman–Crippen MR) is 74.3 cm³/mol. The average Bonchev–Trinajstić information content (AvgIpc) is 2.48. The quantitative estimate of drug-likeness (QED) is 0.879. The van der Waals surface area contributed by atoms with E-state index in [1.54, 1.807) is 18.2 Å². The molecule has 2 rings (SSSR count). The van der Waals surface area contributed by atoms with Crippen LogP contribution in [0.5, 0.6) is 0 Å². The number of hydrogen-bond donors (Lipinski definition) is 1. The van der Waals surface area contributed by atoms with Gasteiger partial charge >= 0.3 is 5.97 Å². The Hall–Kier alpha value is -2.14. The van der Waals surface area contributed by atoms with Gasteiger partial charge in [-0.3, -0.25) is 0 Å². The van der Waals surface area contributed by atoms with Crippen LogP contribution in [0.15, 0.2) is 36.5 Å². The molecule has 20 heavy (non-hydrogen) atoms. The first-order valence-corrected chi connectivity index (χ1v) is 6.20. The minimum absolute atomic E-state index is 0.0700. The molecule has 1 aromatic heterocycles. The first-order valence-electron chi connectivity index (χ1n) is 5.82. The Balaban J connectivity index is 2.07. The molecular formula is C14H12ClFN2O2. The number of halogens is 2. The molecule has 104 valence electrons. The summed E-state index contributed by atoms with van der Waals surface area (Å²) in [5.74, 6) is -0.366. The molecule has 1 aromatic carbocycles. The summed E-state index contributed by atoms with van der Waals surface area (Å²) in [5, 5.41) is 3.10. The summed E-state index contributed by atoms with van der Waals surface area (Å²) >= 11 is 5.70. The molecule has 4 nitrogen and oxygen atoms in total. The van der Waals surface area contributed by atoms with Crippen molar-refractivity contribution in [2.75, 3.05) is 12.4 Å². The first-order chi connectivity index (χ1) is 9.60. The SMILES string of the molecule is COC(=O)c1ccnc(NCc2ccc(F)c(Cl)c2)c1. The van der Waals surface area contributed by atoms with E-state index in [0.717, 1.165) is 5.56 Å². The minimum Gasteiger partial charge on any atom is -0.465 e. The second kappa shape index (κ2) is 6.34. The fourth-order valence-corrected chi connectivity index (χ4v) is 1.82. The molecule has 1 N–H and O–H groups in total. The van der Waals surface area contributed by atoms with Crippen molar-refractivity contribution in [3.8, 4) is 0 Å². The normalized spacial score (nSPS) is 10.2. The zero-order valence-electron chi connectivity index (χ0n) is 10.7. The number of nitrogens with one attached hydrogen (secondary N) is 1. The average molecular weight is 295 g/mol. The molecule has 1 heterocycles. The third-order valence-corrected chi connectivity index (χ3v) is 2.93. The number of hydrogen-bond acceptors (Lipinski definition) is 4. The summed E-state index contributed by atoms with van der Waals surface area (Å²) in [6, 6.07) is 7.60. The monoisotopic (exact) mass is 294 g/mol. The van der Waals surface area contributed by atoms with Crippen molar-refractivity contribution in [1.29, 1.82) is 0 Å². The van der Waals surface area contributed by atoms with Crippen molar-refractivity contribution in [3.05, 3.63) is 58.5 Å². The second-order valence-electron chi connectivity index (χ2n) is 4.02. The molecule has 0 amide bonds. The highest BCUT2D eigenvalue weighted by Gasteiger charge is 2.06. The summed E-state index contributed by atoms with van der Waals surface area (Å²) in [5.41, 5.74) is 1.21. The highest BCUT2D eigenvalue weighted by molar-refractivity contribution is 6.30. The van der Waals surface area contributed by atoms with E-state index in [2.05, 4.69) is 15.0 Å². The van der Waals surface area contributed by atoms with Crippen molar-refractivity contribution < 1.29 is 13.9 Å². The molecule has 6 heteroatoms. The van der Waals surface area contributed by atoms with Gasteiger partial charge in [0.25, 0.3) is 0 Å². The second-order valence-corrected chi connectivity index (χ2v) is 4.43. The van der Waals surface area contributed by atoms with Crippen molar-refractivity contribution in [2.24, 2.45) is 0 Å². The molecule has 0 saturated carbocycles. The maximum Gasteiger partial charge on any atom is 0.338 e. The number of nitrogens with zero attached hydrogens (tertiary/aromatic N) is 1. The maximum absolute atomic E-state index is 13.0. The Morgan fingerprint density at radius 2 is 2.20 bits per heavy atom. The van der Waals surface area contributed by atoms with Crippen LogP contribution in [0.3, 0.4) is 0 Å². The van der Waals surface area contributed by atoms with Gasteiger partial charge in [-0.25, -0.2) is 14.2 Å². The van der Waals surface area contributed by atoms with Gasteiger partial charge in [-0.15, -0.1) is 0 Å². The zero-order chi connectivity index (χ0) is 14.5. The number of ether oxygens (including phenoxy) is 1. The van der Waals surface area contributed by atoms with Crippen LogP contribution in [-0.2, 0) is 11.3 Å². The minimum atomic E-state index is -0.457. The lowest BCUT2D eigenvalue weighted by Gasteiger charge is -2.07. The van der Waals surface area contributed by atoms with E-state index in [4.69, 9.17) is 11.6 Å². The summed E-state index contributed by atoms with van der Waals surface area (Å²) in [4.78, 5) is 15.5. The number of carbonyl (C=O) groups is 1. The molecule has 0 radical (unpaired) electrons. The van der Waals surface area contributed by atoms with Crippen LogP contribution in [0.4, 0.5) is 10.2 Å². The van der Waals surface area contributed by atoms with E-state index in [0.29, 0.717) is 17.9 Å². The molecule has 0 bridgehead atoms. The van der Waals surface area contributed by atoms with E-state index in [-0.39, 0.29) is 5.02 Å². The van der Waals surface area contributed by atoms with Crippen molar-refractivity contribution >= 4 is 23.4 Å². The Bertz CT molecular complexity index is 634. The fraction of sp³-hybridized carbons (Fsp3) is 0.143. The smallest absolute Gasteiger partial charge is 0.338 e. The Morgan fingerprint density at radius 1 is 1.40 bits per heavy atom. The number of anilines is 1. The zero-order valence-corrected chi connectivity index (χ0v) is 11.4. The first kappa shape index (κ1) is 14.3. The summed E-state index contributed by atoms with van der Waals surface area (Å²) < 4.78 is 17.7. The van der Waals surface area contributed by atoms with Crippen LogP contribution in [0.1, 0.15) is 15.9 Å². The standard InChI is InChI=1S/C14H12ClFN2O2/c1-20-14(19)10-4-5-17-13(7-10)18-8-9-2-3-12(16)11(15)6-9/h2-7H,8H2,1H3,(H,17,18). The number of benzene rings is 1. The fourth-order valence-electron chi connectivity index (χ4n) is 1.61. The largest absolute Gasteiger partial charge is 0.465 e. The van der Waals surface area contributed by atoms with E-state index >= 15 is 0 Å². The van der Waals surface area contributed by atoms with E-state index < -0.39 is 11.8 Å². The molecule has 0 fully saturated rings. The molecule has 0 aliphatic rings. The summed E-state index contributed by atoms with van der Waals surface area (Å²) in [6.45, 7) is 0.414. The van der Waals surface area contributed by atoms with Crippen LogP contribution in [0, 0.1) is 5.82 Å². The molecule has 0 aliphatic heterocycles. The molecule has 0 aliphatic carbocycles. The number of methoxy groups -OCH3 is 1. The van der Waals surface area contributed by atoms with Gasteiger partial charge in [0.2, 0.25) is 0 Å². The molecular weight excluding hydrogens is 283 g/mol. The number of aromatic nitrogens is 1. The van der Waals surface area contributed by atoms with Crippen LogP contribution in [0.25, 0.3) is 0 Å². The van der Waals surface area contributed by atoms with Crippen molar-refractivity contribution in [1.82, 2.24) is 4.98 Å². The number of carbonyl (C=O) groups excluding carboxylic acids is 1. The Labute approximate surface area is 120 Å². The lowest BCUT2D eigenvalue weighted by atomic mass is 10.2. The Morgan fingerprint density at radius 3 is 2.90 bits per heavy atom. The van der Waals surface area contributed by atoms with Gasteiger partial charge in [0, 0.05) is 12.7 Å². The number of rotatable bonds is 4. The van der Waals surface area contributed by atoms with Crippen LogP contribution < -0.4 is 5.32 Å². The van der Waals surface area contributed by atoms with E-state index in [9.17, 15) is 9.18 Å². The van der Waals surface area contributed by atoms with Gasteiger partial charge in [-0.1, -0.05) is 17.7 Å². The van der Waals surface area contributed by atoms with Gasteiger partial charge in [0.1, 0.15) is 11.6 Å². The van der Waals surface area contributed by atoms with Gasteiger partial charge < -0.3 is 10.1 Å². The molecule has 0 unspecified atom stereocenters. The van der Waals surface area contributed by atoms with Crippen LogP contribution in [-0.4, -0.2) is 18.1 Å². The molecule has 0 spiro atoms. The lowest BCUT2D eigenvalue weighted by molar-refractivity contribution is 0.0600. The topological polar surface area (TPSA) is 51.2 Å². The molecule has 2 aromatic rings. The lowest BCUT2D eigenvalue weighted by Crippen LogP contribution is -2.05. The van der Waals surface area contributed by atoms with E-state index in [1.807, 2.05) is 0 Å². The highest BCUT2D eigenvalue weighted by atomic mass is 35.5. The van der Waals surface area contributed by atoms with Crippen LogP contribution in [0.2, 0.25) is 5.02 Å². The van der Waals surface area contributed by atoms with Gasteiger partial charge in [-0.2, -0.15) is 0 Å². The Kier molecular flexibility index (Phi) is 4.53. The predicted octanol–water partition coefficient (Wildman–Crippen LogP) is 3.27.